The van der Waals surface area contributed by atoms with Gasteiger partial charge in [-0.1, -0.05) is 32.4 Å². The van der Waals surface area contributed by atoms with Gasteiger partial charge in [0.2, 0.25) is 0 Å². The van der Waals surface area contributed by atoms with Gasteiger partial charge >= 0.3 is 0 Å². The minimum Gasteiger partial charge on any atom is -0.496 e. The summed E-state index contributed by atoms with van der Waals surface area (Å²) in [5.74, 6) is 1.63. The Hall–Kier alpha value is -1.06. The highest BCUT2D eigenvalue weighted by atomic mass is 16.5. The van der Waals surface area contributed by atoms with Gasteiger partial charge in [-0.15, -0.1) is 0 Å². The molecule has 0 aliphatic heterocycles. The zero-order valence-electron chi connectivity index (χ0n) is 12.1. The molecule has 0 radical (unpaired) electrons. The van der Waals surface area contributed by atoms with E-state index < -0.39 is 0 Å². The molecule has 3 heteroatoms. The van der Waals surface area contributed by atoms with Crippen molar-refractivity contribution in [2.75, 3.05) is 20.7 Å². The van der Waals surface area contributed by atoms with E-state index in [1.54, 1.807) is 7.11 Å². The second kappa shape index (κ2) is 7.39. The van der Waals surface area contributed by atoms with Crippen LogP contribution in [0.15, 0.2) is 18.2 Å². The summed E-state index contributed by atoms with van der Waals surface area (Å²) in [5, 5.41) is 0. The standard InChI is InChI=1S/C15H26N2O/c1-5-12(2)10-17(3)11-13-6-7-14(9-16)15(8-13)18-4/h6-8,12H,5,9-11,16H2,1-4H3. The Balaban J connectivity index is 2.67. The average Bonchev–Trinajstić information content (AvgIpc) is 2.38. The second-order valence-corrected chi connectivity index (χ2v) is 5.06. The number of nitrogens with two attached hydrogens (primary N) is 1. The lowest BCUT2D eigenvalue weighted by molar-refractivity contribution is 0.275. The van der Waals surface area contributed by atoms with E-state index in [0.717, 1.165) is 30.3 Å². The normalized spacial score (nSPS) is 12.8. The molecule has 0 fully saturated rings. The van der Waals surface area contributed by atoms with Gasteiger partial charge in [-0.05, 0) is 24.6 Å². The predicted molar refractivity (Wildman–Crippen MR) is 76.7 cm³/mol. The van der Waals surface area contributed by atoms with E-state index in [2.05, 4.69) is 44.0 Å². The van der Waals surface area contributed by atoms with Crippen LogP contribution in [0.1, 0.15) is 31.4 Å². The molecule has 102 valence electrons. The van der Waals surface area contributed by atoms with Crippen LogP contribution < -0.4 is 10.5 Å². The SMILES string of the molecule is CCC(C)CN(C)Cc1ccc(CN)c(OC)c1. The van der Waals surface area contributed by atoms with Gasteiger partial charge in [0.05, 0.1) is 7.11 Å². The van der Waals surface area contributed by atoms with Crippen LogP contribution in [-0.4, -0.2) is 25.6 Å². The Kier molecular flexibility index (Phi) is 6.16. The molecule has 1 unspecified atom stereocenters. The molecular formula is C15H26N2O. The Morgan fingerprint density at radius 3 is 2.67 bits per heavy atom. The van der Waals surface area contributed by atoms with E-state index in [-0.39, 0.29) is 0 Å². The molecule has 3 nitrogen and oxygen atoms in total. The molecule has 0 aliphatic carbocycles. The third-order valence-electron chi connectivity index (χ3n) is 3.34. The zero-order valence-corrected chi connectivity index (χ0v) is 12.1. The molecule has 0 heterocycles. The smallest absolute Gasteiger partial charge is 0.123 e. The van der Waals surface area contributed by atoms with E-state index in [0.29, 0.717) is 6.54 Å². The fourth-order valence-electron chi connectivity index (χ4n) is 2.09. The number of ether oxygens (including phenoxy) is 1. The lowest BCUT2D eigenvalue weighted by atomic mass is 10.1. The molecule has 0 amide bonds. The first kappa shape index (κ1) is 15.0. The third-order valence-corrected chi connectivity index (χ3v) is 3.34. The fraction of sp³-hybridized carbons (Fsp3) is 0.600. The van der Waals surface area contributed by atoms with Crippen LogP contribution in [-0.2, 0) is 13.1 Å². The van der Waals surface area contributed by atoms with Gasteiger partial charge in [-0.3, -0.25) is 0 Å². The molecular weight excluding hydrogens is 224 g/mol. The summed E-state index contributed by atoms with van der Waals surface area (Å²) in [5.41, 5.74) is 8.00. The first-order valence-corrected chi connectivity index (χ1v) is 6.65. The maximum Gasteiger partial charge on any atom is 0.123 e. The topological polar surface area (TPSA) is 38.5 Å². The highest BCUT2D eigenvalue weighted by Gasteiger charge is 2.07. The van der Waals surface area contributed by atoms with Crippen molar-refractivity contribution in [2.24, 2.45) is 11.7 Å². The van der Waals surface area contributed by atoms with Crippen molar-refractivity contribution in [3.05, 3.63) is 29.3 Å². The van der Waals surface area contributed by atoms with Crippen molar-refractivity contribution >= 4 is 0 Å². The summed E-state index contributed by atoms with van der Waals surface area (Å²) >= 11 is 0. The minimum absolute atomic E-state index is 0.520. The first-order valence-electron chi connectivity index (χ1n) is 6.65. The summed E-state index contributed by atoms with van der Waals surface area (Å²) < 4.78 is 5.36. The third kappa shape index (κ3) is 4.31. The molecule has 18 heavy (non-hydrogen) atoms. The summed E-state index contributed by atoms with van der Waals surface area (Å²) in [7, 11) is 3.86. The second-order valence-electron chi connectivity index (χ2n) is 5.06. The van der Waals surface area contributed by atoms with E-state index in [4.69, 9.17) is 10.5 Å². The summed E-state index contributed by atoms with van der Waals surface area (Å²) in [4.78, 5) is 2.35. The summed E-state index contributed by atoms with van der Waals surface area (Å²) in [6.45, 7) is 7.11. The monoisotopic (exact) mass is 250 g/mol. The molecule has 0 aromatic heterocycles. The van der Waals surface area contributed by atoms with Crippen LogP contribution >= 0.6 is 0 Å². The number of nitrogens with zero attached hydrogens (tertiary/aromatic N) is 1. The predicted octanol–water partition coefficient (Wildman–Crippen LogP) is 2.63. The highest BCUT2D eigenvalue weighted by molar-refractivity contribution is 5.37. The molecule has 0 saturated heterocycles. The van der Waals surface area contributed by atoms with E-state index in [9.17, 15) is 0 Å². The maximum absolute atomic E-state index is 5.67. The van der Waals surface area contributed by atoms with Gasteiger partial charge in [0.1, 0.15) is 5.75 Å². The summed E-state index contributed by atoms with van der Waals surface area (Å²) in [6, 6.07) is 6.29. The van der Waals surface area contributed by atoms with Crippen LogP contribution in [0.25, 0.3) is 0 Å². The lowest BCUT2D eigenvalue weighted by Crippen LogP contribution is -2.23. The molecule has 0 bridgehead atoms. The number of rotatable bonds is 7. The fourth-order valence-corrected chi connectivity index (χ4v) is 2.09. The Labute approximate surface area is 111 Å². The van der Waals surface area contributed by atoms with Crippen molar-refractivity contribution < 1.29 is 4.74 Å². The number of hydrogen-bond donors (Lipinski definition) is 1. The molecule has 0 saturated carbocycles. The number of methoxy groups -OCH3 is 1. The number of benzene rings is 1. The van der Waals surface area contributed by atoms with Crippen molar-refractivity contribution in [3.8, 4) is 5.75 Å². The van der Waals surface area contributed by atoms with Crippen LogP contribution in [0.5, 0.6) is 5.75 Å². The Morgan fingerprint density at radius 2 is 2.11 bits per heavy atom. The van der Waals surface area contributed by atoms with Gasteiger partial charge in [-0.25, -0.2) is 0 Å². The van der Waals surface area contributed by atoms with Gasteiger partial charge in [0.15, 0.2) is 0 Å². The van der Waals surface area contributed by atoms with E-state index in [1.165, 1.54) is 12.0 Å². The molecule has 0 aliphatic rings. The Morgan fingerprint density at radius 1 is 1.39 bits per heavy atom. The van der Waals surface area contributed by atoms with Crippen molar-refractivity contribution in [1.29, 1.82) is 0 Å². The van der Waals surface area contributed by atoms with E-state index in [1.807, 2.05) is 0 Å². The van der Waals surface area contributed by atoms with E-state index >= 15 is 0 Å². The lowest BCUT2D eigenvalue weighted by Gasteiger charge is -2.21. The van der Waals surface area contributed by atoms with Crippen molar-refractivity contribution in [2.45, 2.75) is 33.4 Å². The molecule has 2 N–H and O–H groups in total. The van der Waals surface area contributed by atoms with Crippen LogP contribution in [0.2, 0.25) is 0 Å². The van der Waals surface area contributed by atoms with Gasteiger partial charge < -0.3 is 15.4 Å². The van der Waals surface area contributed by atoms with Crippen LogP contribution in [0, 0.1) is 5.92 Å². The van der Waals surface area contributed by atoms with Gasteiger partial charge in [-0.2, -0.15) is 0 Å². The molecule has 1 atom stereocenters. The average molecular weight is 250 g/mol. The van der Waals surface area contributed by atoms with Crippen molar-refractivity contribution in [1.82, 2.24) is 4.90 Å². The molecule has 1 aromatic rings. The molecule has 1 aromatic carbocycles. The van der Waals surface area contributed by atoms with Crippen LogP contribution in [0.4, 0.5) is 0 Å². The number of hydrogen-bond acceptors (Lipinski definition) is 3. The highest BCUT2D eigenvalue weighted by Crippen LogP contribution is 2.20. The zero-order chi connectivity index (χ0) is 13.5. The maximum atomic E-state index is 5.67. The van der Waals surface area contributed by atoms with Crippen LogP contribution in [0.3, 0.4) is 0 Å². The minimum atomic E-state index is 0.520. The van der Waals surface area contributed by atoms with Gasteiger partial charge in [0.25, 0.3) is 0 Å². The van der Waals surface area contributed by atoms with Crippen molar-refractivity contribution in [3.63, 3.8) is 0 Å². The first-order chi connectivity index (χ1) is 8.60. The quantitative estimate of drug-likeness (QED) is 0.808. The molecule has 1 rings (SSSR count). The largest absolute Gasteiger partial charge is 0.496 e. The molecule has 0 spiro atoms. The van der Waals surface area contributed by atoms with Gasteiger partial charge in [0, 0.05) is 25.2 Å². The Bertz CT molecular complexity index is 366. The summed E-state index contributed by atoms with van der Waals surface area (Å²) in [6.07, 6.45) is 1.22.